The number of carbonyl (C=O) groups excluding carboxylic acids is 2. The summed E-state index contributed by atoms with van der Waals surface area (Å²) in [6.07, 6.45) is 0.0530. The molecule has 0 saturated heterocycles. The van der Waals surface area contributed by atoms with Gasteiger partial charge in [0.25, 0.3) is 0 Å². The lowest BCUT2D eigenvalue weighted by atomic mass is 10.2. The molecule has 2 aromatic rings. The number of rotatable bonds is 10. The molecular formula is C22H28IN5O5. The van der Waals surface area contributed by atoms with Gasteiger partial charge in [0.05, 0.1) is 17.7 Å². The summed E-state index contributed by atoms with van der Waals surface area (Å²) in [5.74, 6) is -1.35. The first-order valence-corrected chi connectivity index (χ1v) is 11.3. The van der Waals surface area contributed by atoms with Crippen LogP contribution in [0.3, 0.4) is 0 Å². The Morgan fingerprint density at radius 2 is 1.64 bits per heavy atom. The standard InChI is InChI=1S/C22H28IN5O5/c1-14(2)33-19-10-8-18(9-11-19)25-27-26-22(32)28(13-15(3)20(29)30)21(31)24-12-16-4-6-17(23)7-5-16/h4-11,14-15,25,27H,12-13H2,1-3H3,(H,24,31)(H,26,32)(H,29,30)/t15-/m0/s1. The van der Waals surface area contributed by atoms with E-state index in [0.29, 0.717) is 11.4 Å². The number of nitrogens with one attached hydrogen (secondary N) is 4. The van der Waals surface area contributed by atoms with E-state index in [1.165, 1.54) is 6.92 Å². The highest BCUT2D eigenvalue weighted by molar-refractivity contribution is 14.1. The molecule has 0 heterocycles. The summed E-state index contributed by atoms with van der Waals surface area (Å²) in [5.41, 5.74) is 9.13. The number of benzene rings is 2. The molecule has 5 N–H and O–H groups in total. The van der Waals surface area contributed by atoms with E-state index in [1.54, 1.807) is 24.3 Å². The monoisotopic (exact) mass is 569 g/mol. The van der Waals surface area contributed by atoms with Crippen LogP contribution in [0.15, 0.2) is 48.5 Å². The molecule has 33 heavy (non-hydrogen) atoms. The number of carboxylic acids is 1. The van der Waals surface area contributed by atoms with Crippen molar-refractivity contribution in [2.45, 2.75) is 33.4 Å². The number of imide groups is 1. The highest BCUT2D eigenvalue weighted by Crippen LogP contribution is 2.16. The minimum atomic E-state index is -1.12. The Kier molecular flexibility index (Phi) is 10.2. The van der Waals surface area contributed by atoms with Gasteiger partial charge >= 0.3 is 18.0 Å². The summed E-state index contributed by atoms with van der Waals surface area (Å²) < 4.78 is 6.62. The average molecular weight is 569 g/mol. The Balaban J connectivity index is 1.94. The van der Waals surface area contributed by atoms with Crippen molar-refractivity contribution in [3.8, 4) is 5.75 Å². The van der Waals surface area contributed by atoms with Crippen molar-refractivity contribution in [2.24, 2.45) is 5.92 Å². The molecule has 0 radical (unpaired) electrons. The van der Waals surface area contributed by atoms with Crippen molar-refractivity contribution in [1.82, 2.24) is 21.2 Å². The van der Waals surface area contributed by atoms with Crippen molar-refractivity contribution in [3.63, 3.8) is 0 Å². The van der Waals surface area contributed by atoms with E-state index in [-0.39, 0.29) is 19.2 Å². The van der Waals surface area contributed by atoms with Gasteiger partial charge < -0.3 is 20.6 Å². The van der Waals surface area contributed by atoms with Crippen LogP contribution in [0.4, 0.5) is 15.3 Å². The van der Waals surface area contributed by atoms with Crippen LogP contribution >= 0.6 is 22.6 Å². The summed E-state index contributed by atoms with van der Waals surface area (Å²) in [5, 5.41) is 11.8. The third-order valence-corrected chi connectivity index (χ3v) is 5.05. The molecule has 0 saturated carbocycles. The average Bonchev–Trinajstić information content (AvgIpc) is 2.77. The Labute approximate surface area is 206 Å². The molecule has 0 fully saturated rings. The first-order valence-electron chi connectivity index (χ1n) is 10.3. The van der Waals surface area contributed by atoms with E-state index < -0.39 is 23.9 Å². The number of urea groups is 2. The topological polar surface area (TPSA) is 132 Å². The molecule has 178 valence electrons. The van der Waals surface area contributed by atoms with E-state index in [9.17, 15) is 19.5 Å². The second-order valence-electron chi connectivity index (χ2n) is 7.51. The highest BCUT2D eigenvalue weighted by Gasteiger charge is 2.26. The van der Waals surface area contributed by atoms with Gasteiger partial charge in [-0.05, 0) is 78.4 Å². The Bertz CT molecular complexity index is 937. The quantitative estimate of drug-likeness (QED) is 0.219. The van der Waals surface area contributed by atoms with E-state index in [2.05, 4.69) is 44.3 Å². The lowest BCUT2D eigenvalue weighted by Crippen LogP contribution is -2.54. The van der Waals surface area contributed by atoms with Gasteiger partial charge in [-0.25, -0.2) is 14.5 Å². The smallest absolute Gasteiger partial charge is 0.341 e. The maximum atomic E-state index is 12.6. The van der Waals surface area contributed by atoms with Crippen LogP contribution in [0.25, 0.3) is 0 Å². The van der Waals surface area contributed by atoms with Crippen LogP contribution in [0.5, 0.6) is 5.75 Å². The summed E-state index contributed by atoms with van der Waals surface area (Å²) in [4.78, 5) is 37.3. The summed E-state index contributed by atoms with van der Waals surface area (Å²) in [6.45, 7) is 5.16. The number of carboxylic acid groups (broad SMARTS) is 1. The van der Waals surface area contributed by atoms with Crippen molar-refractivity contribution < 1.29 is 24.2 Å². The van der Waals surface area contributed by atoms with E-state index in [0.717, 1.165) is 14.0 Å². The highest BCUT2D eigenvalue weighted by atomic mass is 127. The third-order valence-electron chi connectivity index (χ3n) is 4.33. The lowest BCUT2D eigenvalue weighted by Gasteiger charge is -2.24. The summed E-state index contributed by atoms with van der Waals surface area (Å²) in [6, 6.07) is 13.0. The molecule has 2 aromatic carbocycles. The van der Waals surface area contributed by atoms with Gasteiger partial charge in [-0.2, -0.15) is 0 Å². The largest absolute Gasteiger partial charge is 0.491 e. The number of carbonyl (C=O) groups is 3. The maximum Gasteiger partial charge on any atom is 0.341 e. The molecule has 0 bridgehead atoms. The molecule has 0 aliphatic carbocycles. The zero-order valence-corrected chi connectivity index (χ0v) is 20.8. The first-order chi connectivity index (χ1) is 15.7. The Morgan fingerprint density at radius 1 is 1.00 bits per heavy atom. The van der Waals surface area contributed by atoms with Gasteiger partial charge in [0.1, 0.15) is 5.75 Å². The van der Waals surface area contributed by atoms with Gasteiger partial charge in [0.2, 0.25) is 0 Å². The van der Waals surface area contributed by atoms with Gasteiger partial charge in [-0.15, -0.1) is 5.53 Å². The molecule has 4 amide bonds. The van der Waals surface area contributed by atoms with Crippen LogP contribution in [-0.4, -0.2) is 40.7 Å². The van der Waals surface area contributed by atoms with Crippen LogP contribution in [0, 0.1) is 9.49 Å². The number of aliphatic carboxylic acids is 1. The van der Waals surface area contributed by atoms with Crippen molar-refractivity contribution in [3.05, 3.63) is 57.7 Å². The molecule has 0 spiro atoms. The zero-order valence-electron chi connectivity index (χ0n) is 18.6. The number of hydrogen-bond donors (Lipinski definition) is 5. The second-order valence-corrected chi connectivity index (χ2v) is 8.75. The number of nitrogens with zero attached hydrogens (tertiary/aromatic N) is 1. The molecule has 2 rings (SSSR count). The summed E-state index contributed by atoms with van der Waals surface area (Å²) in [7, 11) is 0. The fourth-order valence-electron chi connectivity index (χ4n) is 2.60. The number of hydrazine groups is 2. The number of halogens is 1. The normalized spacial score (nSPS) is 11.4. The van der Waals surface area contributed by atoms with Crippen LogP contribution < -0.4 is 26.4 Å². The minimum absolute atomic E-state index is 0.0530. The van der Waals surface area contributed by atoms with Crippen LogP contribution in [0.2, 0.25) is 0 Å². The van der Waals surface area contributed by atoms with Crippen molar-refractivity contribution in [2.75, 3.05) is 12.0 Å². The molecule has 0 aliphatic rings. The first kappa shape index (κ1) is 26.2. The van der Waals surface area contributed by atoms with Crippen molar-refractivity contribution >= 4 is 46.3 Å². The summed E-state index contributed by atoms with van der Waals surface area (Å²) >= 11 is 2.18. The SMILES string of the molecule is CC(C)Oc1ccc(NNNC(=O)N(C[C@H](C)C(=O)O)C(=O)NCc2ccc(I)cc2)cc1. The van der Waals surface area contributed by atoms with Gasteiger partial charge in [0.15, 0.2) is 0 Å². The van der Waals surface area contributed by atoms with Crippen LogP contribution in [-0.2, 0) is 11.3 Å². The van der Waals surface area contributed by atoms with Gasteiger partial charge in [0, 0.05) is 16.7 Å². The second kappa shape index (κ2) is 12.8. The molecule has 0 unspecified atom stereocenters. The number of anilines is 1. The number of amides is 4. The molecule has 11 heteroatoms. The molecular weight excluding hydrogens is 541 g/mol. The fraction of sp³-hybridized carbons (Fsp3) is 0.318. The third kappa shape index (κ3) is 9.14. The maximum absolute atomic E-state index is 12.6. The van der Waals surface area contributed by atoms with E-state index in [1.807, 2.05) is 38.1 Å². The lowest BCUT2D eigenvalue weighted by molar-refractivity contribution is -0.141. The molecule has 0 aliphatic heterocycles. The van der Waals surface area contributed by atoms with Gasteiger partial charge in [-0.3, -0.25) is 10.2 Å². The molecule has 10 nitrogen and oxygen atoms in total. The predicted molar refractivity (Wildman–Crippen MR) is 132 cm³/mol. The van der Waals surface area contributed by atoms with Crippen molar-refractivity contribution in [1.29, 1.82) is 0 Å². The number of ether oxygens (including phenoxy) is 1. The zero-order chi connectivity index (χ0) is 24.4. The fourth-order valence-corrected chi connectivity index (χ4v) is 2.96. The Morgan fingerprint density at radius 3 is 2.21 bits per heavy atom. The Hall–Kier alpha value is -3.06. The number of hydrogen-bond acceptors (Lipinski definition) is 6. The minimum Gasteiger partial charge on any atom is -0.491 e. The van der Waals surface area contributed by atoms with E-state index >= 15 is 0 Å². The van der Waals surface area contributed by atoms with Gasteiger partial charge in [-0.1, -0.05) is 19.1 Å². The van der Waals surface area contributed by atoms with E-state index in [4.69, 9.17) is 4.74 Å². The molecule has 1 atom stereocenters. The van der Waals surface area contributed by atoms with Crippen LogP contribution in [0.1, 0.15) is 26.3 Å². The molecule has 0 aromatic heterocycles. The predicted octanol–water partition coefficient (Wildman–Crippen LogP) is 3.55.